The second kappa shape index (κ2) is 4.75. The van der Waals surface area contributed by atoms with E-state index in [-0.39, 0.29) is 4.90 Å². The van der Waals surface area contributed by atoms with Crippen LogP contribution < -0.4 is 10.6 Å². The molecule has 7 heteroatoms. The van der Waals surface area contributed by atoms with Crippen LogP contribution in [0.2, 0.25) is 0 Å². The van der Waals surface area contributed by atoms with Crippen LogP contribution in [0.5, 0.6) is 0 Å². The Balaban J connectivity index is 2.86. The molecule has 1 aromatic rings. The minimum Gasteiger partial charge on any atom is -0.365 e. The Morgan fingerprint density at radius 2 is 1.94 bits per heavy atom. The molecule has 1 rings (SSSR count). The Morgan fingerprint density at radius 3 is 2.44 bits per heavy atom. The summed E-state index contributed by atoms with van der Waals surface area (Å²) >= 11 is 0. The van der Waals surface area contributed by atoms with Crippen LogP contribution in [0.4, 0.5) is 0 Å². The fraction of sp³-hybridized carbons (Fsp3) is 0.111. The number of hydrogen-bond donors (Lipinski definition) is 2. The van der Waals surface area contributed by atoms with Gasteiger partial charge in [-0.25, -0.2) is 0 Å². The first-order valence-corrected chi connectivity index (χ1v) is 5.81. The van der Waals surface area contributed by atoms with Gasteiger partial charge in [0, 0.05) is 0 Å². The molecule has 0 aliphatic heterocycles. The van der Waals surface area contributed by atoms with Gasteiger partial charge in [0.25, 0.3) is 15.9 Å². The number of amides is 1. The number of hydrazone groups is 1. The summed E-state index contributed by atoms with van der Waals surface area (Å²) in [7, 11) is -3.73. The van der Waals surface area contributed by atoms with E-state index < -0.39 is 15.9 Å². The molecular formula is C9H11N3O3S. The highest BCUT2D eigenvalue weighted by molar-refractivity contribution is 7.89. The average Bonchev–Trinajstić information content (AvgIpc) is 2.17. The normalized spacial score (nSPS) is 11.6. The van der Waals surface area contributed by atoms with Crippen LogP contribution in [0, 0.1) is 6.92 Å². The molecule has 0 radical (unpaired) electrons. The number of carbonyl (C=O) groups is 1. The Morgan fingerprint density at radius 1 is 1.38 bits per heavy atom. The molecule has 1 aromatic carbocycles. The predicted octanol–water partition coefficient (Wildman–Crippen LogP) is -0.256. The summed E-state index contributed by atoms with van der Waals surface area (Å²) in [5.74, 6) is -0.827. The fourth-order valence-electron chi connectivity index (χ4n) is 0.929. The van der Waals surface area contributed by atoms with Crippen molar-refractivity contribution in [3.05, 3.63) is 29.8 Å². The Kier molecular flexibility index (Phi) is 3.62. The van der Waals surface area contributed by atoms with Crippen LogP contribution in [-0.2, 0) is 14.8 Å². The highest BCUT2D eigenvalue weighted by Gasteiger charge is 2.11. The summed E-state index contributed by atoms with van der Waals surface area (Å²) in [6, 6.07) is 6.20. The molecule has 0 saturated heterocycles. The van der Waals surface area contributed by atoms with Gasteiger partial charge < -0.3 is 5.73 Å². The van der Waals surface area contributed by atoms with Crippen LogP contribution >= 0.6 is 0 Å². The van der Waals surface area contributed by atoms with Crippen molar-refractivity contribution in [2.24, 2.45) is 10.8 Å². The van der Waals surface area contributed by atoms with Crippen LogP contribution in [-0.4, -0.2) is 20.5 Å². The lowest BCUT2D eigenvalue weighted by molar-refractivity contribution is -0.111. The standard InChI is InChI=1S/C9H11N3O3S/c1-7-2-4-8(5-3-7)16(14,15)12-11-6-9(10)13/h2-6,12H,1H3,(H2,10,13)/b11-6+. The lowest BCUT2D eigenvalue weighted by atomic mass is 10.2. The number of rotatable bonds is 4. The molecule has 0 saturated carbocycles. The summed E-state index contributed by atoms with van der Waals surface area (Å²) in [5, 5.41) is 3.20. The molecule has 0 heterocycles. The minimum atomic E-state index is -3.73. The number of carbonyl (C=O) groups excluding carboxylic acids is 1. The maximum Gasteiger partial charge on any atom is 0.276 e. The lowest BCUT2D eigenvalue weighted by Gasteiger charge is -2.02. The Bertz CT molecular complexity index is 505. The first-order chi connectivity index (χ1) is 7.42. The largest absolute Gasteiger partial charge is 0.365 e. The zero-order valence-electron chi connectivity index (χ0n) is 8.54. The van der Waals surface area contributed by atoms with E-state index in [1.807, 2.05) is 11.8 Å². The van der Waals surface area contributed by atoms with Gasteiger partial charge in [-0.15, -0.1) is 0 Å². The van der Waals surface area contributed by atoms with Gasteiger partial charge >= 0.3 is 0 Å². The molecule has 0 spiro atoms. The van der Waals surface area contributed by atoms with E-state index >= 15 is 0 Å². The van der Waals surface area contributed by atoms with Crippen molar-refractivity contribution in [3.8, 4) is 0 Å². The summed E-state index contributed by atoms with van der Waals surface area (Å²) in [5.41, 5.74) is 5.70. The van der Waals surface area contributed by atoms with Gasteiger partial charge in [-0.3, -0.25) is 4.79 Å². The second-order valence-electron chi connectivity index (χ2n) is 3.07. The minimum absolute atomic E-state index is 0.0692. The highest BCUT2D eigenvalue weighted by atomic mass is 32.2. The van der Waals surface area contributed by atoms with Crippen molar-refractivity contribution in [1.29, 1.82) is 0 Å². The van der Waals surface area contributed by atoms with Crippen molar-refractivity contribution in [2.45, 2.75) is 11.8 Å². The van der Waals surface area contributed by atoms with Crippen molar-refractivity contribution < 1.29 is 13.2 Å². The third-order valence-corrected chi connectivity index (χ3v) is 2.93. The summed E-state index contributed by atoms with van der Waals surface area (Å²) < 4.78 is 23.1. The lowest BCUT2D eigenvalue weighted by Crippen LogP contribution is -2.21. The third-order valence-electron chi connectivity index (χ3n) is 1.70. The number of primary amides is 1. The van der Waals surface area contributed by atoms with Crippen molar-refractivity contribution in [3.63, 3.8) is 0 Å². The van der Waals surface area contributed by atoms with Crippen LogP contribution in [0.1, 0.15) is 5.56 Å². The van der Waals surface area contributed by atoms with E-state index in [0.717, 1.165) is 5.56 Å². The summed E-state index contributed by atoms with van der Waals surface area (Å²) in [6.45, 7) is 1.84. The second-order valence-corrected chi connectivity index (χ2v) is 4.73. The average molecular weight is 241 g/mol. The van der Waals surface area contributed by atoms with Gasteiger partial charge in [0.15, 0.2) is 0 Å². The van der Waals surface area contributed by atoms with Crippen LogP contribution in [0.15, 0.2) is 34.3 Å². The summed E-state index contributed by atoms with van der Waals surface area (Å²) in [6.07, 6.45) is 0.686. The molecular weight excluding hydrogens is 230 g/mol. The van der Waals surface area contributed by atoms with E-state index in [4.69, 9.17) is 5.73 Å². The first kappa shape index (κ1) is 12.2. The fourth-order valence-corrected chi connectivity index (χ4v) is 1.72. The molecule has 0 unspecified atom stereocenters. The van der Waals surface area contributed by atoms with Crippen LogP contribution in [0.3, 0.4) is 0 Å². The quantitative estimate of drug-likeness (QED) is 0.561. The van der Waals surface area contributed by atoms with Gasteiger partial charge in [0.05, 0.1) is 4.90 Å². The van der Waals surface area contributed by atoms with Gasteiger partial charge in [-0.1, -0.05) is 17.7 Å². The molecule has 3 N–H and O–H groups in total. The number of sulfonamides is 1. The van der Waals surface area contributed by atoms with Gasteiger partial charge in [0.2, 0.25) is 0 Å². The molecule has 6 nitrogen and oxygen atoms in total. The summed E-state index contributed by atoms with van der Waals surface area (Å²) in [4.78, 5) is 12.2. The molecule has 16 heavy (non-hydrogen) atoms. The molecule has 86 valence electrons. The van der Waals surface area contributed by atoms with Gasteiger partial charge in [-0.2, -0.15) is 18.4 Å². The molecule has 0 fully saturated rings. The molecule has 0 atom stereocenters. The van der Waals surface area contributed by atoms with Crippen molar-refractivity contribution in [1.82, 2.24) is 4.83 Å². The van der Waals surface area contributed by atoms with Crippen LogP contribution in [0.25, 0.3) is 0 Å². The molecule has 0 aromatic heterocycles. The monoisotopic (exact) mass is 241 g/mol. The topological polar surface area (TPSA) is 102 Å². The zero-order valence-corrected chi connectivity index (χ0v) is 9.36. The van der Waals surface area contributed by atoms with E-state index in [1.165, 1.54) is 12.1 Å². The molecule has 0 aliphatic rings. The smallest absolute Gasteiger partial charge is 0.276 e. The SMILES string of the molecule is Cc1ccc(S(=O)(=O)N/N=C/C(N)=O)cc1. The molecule has 1 amide bonds. The molecule has 0 bridgehead atoms. The van der Waals surface area contributed by atoms with Gasteiger partial charge in [-0.05, 0) is 19.1 Å². The number of nitrogens with one attached hydrogen (secondary N) is 1. The van der Waals surface area contributed by atoms with E-state index in [2.05, 4.69) is 5.10 Å². The predicted molar refractivity (Wildman–Crippen MR) is 59.2 cm³/mol. The highest BCUT2D eigenvalue weighted by Crippen LogP contribution is 2.09. The van der Waals surface area contributed by atoms with Gasteiger partial charge in [0.1, 0.15) is 6.21 Å². The first-order valence-electron chi connectivity index (χ1n) is 4.33. The van der Waals surface area contributed by atoms with E-state index in [1.54, 1.807) is 12.1 Å². The number of hydrogen-bond acceptors (Lipinski definition) is 4. The number of nitrogens with zero attached hydrogens (tertiary/aromatic N) is 1. The van der Waals surface area contributed by atoms with E-state index in [9.17, 15) is 13.2 Å². The van der Waals surface area contributed by atoms with Crippen molar-refractivity contribution >= 4 is 22.1 Å². The van der Waals surface area contributed by atoms with E-state index in [0.29, 0.717) is 6.21 Å². The maximum atomic E-state index is 11.5. The zero-order chi connectivity index (χ0) is 12.2. The number of benzene rings is 1. The van der Waals surface area contributed by atoms with Crippen molar-refractivity contribution in [2.75, 3.05) is 0 Å². The molecule has 0 aliphatic carbocycles. The third kappa shape index (κ3) is 3.35. The number of aryl methyl sites for hydroxylation is 1. The Hall–Kier alpha value is -1.89. The number of nitrogens with two attached hydrogens (primary N) is 1. The Labute approximate surface area is 93.2 Å². The maximum absolute atomic E-state index is 11.5.